The molecule has 0 atom stereocenters. The predicted octanol–water partition coefficient (Wildman–Crippen LogP) is 7.29. The number of ether oxygens (including phenoxy) is 1. The lowest BCUT2D eigenvalue weighted by Crippen LogP contribution is -2.13. The van der Waals surface area contributed by atoms with Crippen LogP contribution >= 0.6 is 50.5 Å². The number of thiazole rings is 1. The van der Waals surface area contributed by atoms with Gasteiger partial charge in [0.15, 0.2) is 0 Å². The molecule has 0 aliphatic heterocycles. The van der Waals surface area contributed by atoms with E-state index in [1.165, 1.54) is 18.4 Å². The van der Waals surface area contributed by atoms with E-state index in [-0.39, 0.29) is 5.91 Å². The van der Waals surface area contributed by atoms with Crippen molar-refractivity contribution in [3.05, 3.63) is 74.7 Å². The first-order valence-electron chi connectivity index (χ1n) is 8.45. The number of benzene rings is 3. The zero-order valence-corrected chi connectivity index (χ0v) is 18.9. The lowest BCUT2D eigenvalue weighted by atomic mass is 10.2. The number of amides is 1. The second-order valence-corrected chi connectivity index (χ2v) is 8.91. The van der Waals surface area contributed by atoms with Crippen LogP contribution in [0.15, 0.2) is 59.1 Å². The number of nitrogens with zero attached hydrogens (tertiary/aromatic N) is 1. The smallest absolute Gasteiger partial charge is 0.259 e. The van der Waals surface area contributed by atoms with Crippen molar-refractivity contribution in [2.24, 2.45) is 0 Å². The van der Waals surface area contributed by atoms with Gasteiger partial charge in [0, 0.05) is 20.7 Å². The maximum absolute atomic E-state index is 12.7. The molecule has 146 valence electrons. The number of hydrogen-bond acceptors (Lipinski definition) is 4. The monoisotopic (exact) mass is 506 g/mol. The first kappa shape index (κ1) is 20.2. The highest BCUT2D eigenvalue weighted by atomic mass is 79.9. The van der Waals surface area contributed by atoms with Crippen molar-refractivity contribution < 1.29 is 9.53 Å². The fourth-order valence-electron chi connectivity index (χ4n) is 2.84. The number of nitrogens with one attached hydrogen (secondary N) is 1. The Labute approximate surface area is 189 Å². The standard InChI is InChI=1S/C21H13BrCl2N2O2S/c1-28-18-6-2-11(22)8-15(18)20(27)25-13-4-7-19-17(10-13)26-21(29-19)14-5-3-12(23)9-16(14)24/h2-10H,1H3,(H,25,27). The van der Waals surface area contributed by atoms with Gasteiger partial charge in [-0.05, 0) is 54.6 Å². The molecule has 0 bridgehead atoms. The van der Waals surface area contributed by atoms with Crippen LogP contribution in [0.5, 0.6) is 5.75 Å². The Morgan fingerprint density at radius 2 is 1.93 bits per heavy atom. The van der Waals surface area contributed by atoms with Crippen LogP contribution < -0.4 is 10.1 Å². The second kappa shape index (κ2) is 8.32. The van der Waals surface area contributed by atoms with Crippen molar-refractivity contribution >= 4 is 72.3 Å². The number of anilines is 1. The van der Waals surface area contributed by atoms with Crippen LogP contribution in [0.2, 0.25) is 10.0 Å². The highest BCUT2D eigenvalue weighted by Crippen LogP contribution is 2.36. The minimum Gasteiger partial charge on any atom is -0.496 e. The van der Waals surface area contributed by atoms with E-state index in [0.717, 1.165) is 25.3 Å². The highest BCUT2D eigenvalue weighted by molar-refractivity contribution is 9.10. The van der Waals surface area contributed by atoms with Crippen LogP contribution in [0.1, 0.15) is 10.4 Å². The van der Waals surface area contributed by atoms with Gasteiger partial charge in [-0.2, -0.15) is 0 Å². The van der Waals surface area contributed by atoms with E-state index in [1.807, 2.05) is 30.3 Å². The maximum atomic E-state index is 12.7. The Morgan fingerprint density at radius 1 is 1.10 bits per heavy atom. The molecule has 0 saturated heterocycles. The third-order valence-corrected chi connectivity index (χ3v) is 6.32. The van der Waals surface area contributed by atoms with E-state index in [0.29, 0.717) is 27.0 Å². The Hall–Kier alpha value is -2.12. The van der Waals surface area contributed by atoms with Gasteiger partial charge in [-0.3, -0.25) is 4.79 Å². The van der Waals surface area contributed by atoms with E-state index in [9.17, 15) is 4.79 Å². The number of aromatic nitrogens is 1. The summed E-state index contributed by atoms with van der Waals surface area (Å²) >= 11 is 17.2. The average Bonchev–Trinajstić information content (AvgIpc) is 3.10. The van der Waals surface area contributed by atoms with Crippen molar-refractivity contribution in [2.75, 3.05) is 12.4 Å². The lowest BCUT2D eigenvalue weighted by Gasteiger charge is -2.09. The van der Waals surface area contributed by atoms with Gasteiger partial charge in [-0.15, -0.1) is 11.3 Å². The number of rotatable bonds is 4. The first-order chi connectivity index (χ1) is 13.9. The van der Waals surface area contributed by atoms with Crippen molar-refractivity contribution in [1.82, 2.24) is 4.98 Å². The number of hydrogen-bond donors (Lipinski definition) is 1. The van der Waals surface area contributed by atoms with Crippen LogP contribution in [0.25, 0.3) is 20.8 Å². The van der Waals surface area contributed by atoms with E-state index in [4.69, 9.17) is 27.9 Å². The van der Waals surface area contributed by atoms with Gasteiger partial charge in [-0.1, -0.05) is 39.1 Å². The quantitative estimate of drug-likeness (QED) is 0.315. The molecule has 1 N–H and O–H groups in total. The van der Waals surface area contributed by atoms with Gasteiger partial charge in [0.2, 0.25) is 0 Å². The molecule has 4 aromatic rings. The Kier molecular flexibility index (Phi) is 5.79. The SMILES string of the molecule is COc1ccc(Br)cc1C(=O)Nc1ccc2sc(-c3ccc(Cl)cc3Cl)nc2c1. The predicted molar refractivity (Wildman–Crippen MR) is 124 cm³/mol. The molecule has 0 radical (unpaired) electrons. The lowest BCUT2D eigenvalue weighted by molar-refractivity contribution is 0.102. The van der Waals surface area contributed by atoms with E-state index >= 15 is 0 Å². The molecule has 0 aliphatic carbocycles. The Morgan fingerprint density at radius 3 is 2.69 bits per heavy atom. The molecule has 0 unspecified atom stereocenters. The van der Waals surface area contributed by atoms with Gasteiger partial charge in [0.05, 0.1) is 27.9 Å². The molecular weight excluding hydrogens is 495 g/mol. The molecule has 4 nitrogen and oxygen atoms in total. The number of methoxy groups -OCH3 is 1. The molecule has 8 heteroatoms. The summed E-state index contributed by atoms with van der Waals surface area (Å²) in [4.78, 5) is 17.4. The molecule has 3 aromatic carbocycles. The minimum atomic E-state index is -0.265. The van der Waals surface area contributed by atoms with Crippen LogP contribution in [-0.4, -0.2) is 18.0 Å². The van der Waals surface area contributed by atoms with Crippen LogP contribution in [0.4, 0.5) is 5.69 Å². The first-order valence-corrected chi connectivity index (χ1v) is 10.8. The zero-order chi connectivity index (χ0) is 20.5. The summed E-state index contributed by atoms with van der Waals surface area (Å²) in [7, 11) is 1.53. The molecule has 1 amide bonds. The molecule has 0 fully saturated rings. The third-order valence-electron chi connectivity index (χ3n) is 4.21. The Bertz CT molecular complexity index is 1240. The molecule has 0 saturated carbocycles. The average molecular weight is 508 g/mol. The molecule has 0 spiro atoms. The van der Waals surface area contributed by atoms with Gasteiger partial charge < -0.3 is 10.1 Å². The summed E-state index contributed by atoms with van der Waals surface area (Å²) in [6.07, 6.45) is 0. The molecule has 1 aromatic heterocycles. The number of halogens is 3. The minimum absolute atomic E-state index is 0.265. The normalized spacial score (nSPS) is 10.9. The number of fused-ring (bicyclic) bond motifs is 1. The molecule has 29 heavy (non-hydrogen) atoms. The van der Waals surface area contributed by atoms with Crippen molar-refractivity contribution in [2.45, 2.75) is 0 Å². The van der Waals surface area contributed by atoms with Crippen LogP contribution in [-0.2, 0) is 0 Å². The summed E-state index contributed by atoms with van der Waals surface area (Å²) in [5.74, 6) is 0.235. The van der Waals surface area contributed by atoms with Crippen molar-refractivity contribution in [3.63, 3.8) is 0 Å². The molecule has 4 rings (SSSR count). The highest BCUT2D eigenvalue weighted by Gasteiger charge is 2.15. The summed E-state index contributed by atoms with van der Waals surface area (Å²) in [5, 5.41) is 4.82. The second-order valence-electron chi connectivity index (χ2n) is 6.12. The van der Waals surface area contributed by atoms with Crippen molar-refractivity contribution in [3.8, 4) is 16.3 Å². The van der Waals surface area contributed by atoms with Gasteiger partial charge >= 0.3 is 0 Å². The topological polar surface area (TPSA) is 51.2 Å². The van der Waals surface area contributed by atoms with E-state index < -0.39 is 0 Å². The van der Waals surface area contributed by atoms with Crippen LogP contribution in [0.3, 0.4) is 0 Å². The summed E-state index contributed by atoms with van der Waals surface area (Å²) in [6, 6.07) is 16.2. The van der Waals surface area contributed by atoms with Gasteiger partial charge in [0.1, 0.15) is 10.8 Å². The maximum Gasteiger partial charge on any atom is 0.259 e. The molecular formula is C21H13BrCl2N2O2S. The van der Waals surface area contributed by atoms with E-state index in [1.54, 1.807) is 24.3 Å². The zero-order valence-electron chi connectivity index (χ0n) is 15.0. The third kappa shape index (κ3) is 4.26. The fourth-order valence-corrected chi connectivity index (χ4v) is 4.74. The number of carbonyl (C=O) groups excluding carboxylic acids is 1. The Balaban J connectivity index is 1.64. The largest absolute Gasteiger partial charge is 0.496 e. The fraction of sp³-hybridized carbons (Fsp3) is 0.0476. The molecule has 0 aliphatic rings. The number of carbonyl (C=O) groups is 1. The van der Waals surface area contributed by atoms with Gasteiger partial charge in [-0.25, -0.2) is 4.98 Å². The molecule has 1 heterocycles. The summed E-state index contributed by atoms with van der Waals surface area (Å²) in [5.41, 5.74) is 2.68. The van der Waals surface area contributed by atoms with Crippen LogP contribution in [0, 0.1) is 0 Å². The summed E-state index contributed by atoms with van der Waals surface area (Å²) in [6.45, 7) is 0. The van der Waals surface area contributed by atoms with E-state index in [2.05, 4.69) is 26.2 Å². The summed E-state index contributed by atoms with van der Waals surface area (Å²) < 4.78 is 7.07. The van der Waals surface area contributed by atoms with Crippen molar-refractivity contribution in [1.29, 1.82) is 0 Å². The van der Waals surface area contributed by atoms with Gasteiger partial charge in [0.25, 0.3) is 5.91 Å².